The fourth-order valence-corrected chi connectivity index (χ4v) is 3.27. The Kier molecular flexibility index (Phi) is 3.98. The van der Waals surface area contributed by atoms with Crippen LogP contribution >= 0.6 is 27.3 Å². The van der Waals surface area contributed by atoms with Gasteiger partial charge in [0.05, 0.1) is 5.56 Å². The lowest BCUT2D eigenvalue weighted by atomic mass is 10.2. The van der Waals surface area contributed by atoms with E-state index in [0.717, 1.165) is 29.1 Å². The van der Waals surface area contributed by atoms with Crippen LogP contribution in [0.15, 0.2) is 34.5 Å². The third kappa shape index (κ3) is 2.99. The van der Waals surface area contributed by atoms with Crippen molar-refractivity contribution >= 4 is 38.3 Å². The molecule has 1 aliphatic rings. The maximum atomic E-state index is 12.1. The molecule has 0 saturated carbocycles. The fourth-order valence-electron chi connectivity index (χ4n) is 2.23. The smallest absolute Gasteiger partial charge is 0.253 e. The molecule has 1 N–H and O–H groups in total. The zero-order chi connectivity index (χ0) is 13.9. The van der Waals surface area contributed by atoms with Crippen molar-refractivity contribution < 1.29 is 4.79 Å². The highest BCUT2D eigenvalue weighted by atomic mass is 79.9. The summed E-state index contributed by atoms with van der Waals surface area (Å²) in [6.07, 6.45) is 5.98. The summed E-state index contributed by atoms with van der Waals surface area (Å²) in [5.74, 6) is -0.0789. The van der Waals surface area contributed by atoms with Gasteiger partial charge in [-0.2, -0.15) is 0 Å². The molecule has 2 aromatic rings. The van der Waals surface area contributed by atoms with Gasteiger partial charge in [0.1, 0.15) is 0 Å². The lowest BCUT2D eigenvalue weighted by molar-refractivity contribution is 0.0940. The van der Waals surface area contributed by atoms with E-state index in [4.69, 9.17) is 0 Å². The molecule has 0 bridgehead atoms. The molecule has 0 radical (unpaired) electrons. The first kappa shape index (κ1) is 13.5. The highest BCUT2D eigenvalue weighted by molar-refractivity contribution is 9.10. The van der Waals surface area contributed by atoms with Crippen molar-refractivity contribution in [3.05, 3.63) is 40.1 Å². The van der Waals surface area contributed by atoms with Crippen LogP contribution in [0.2, 0.25) is 0 Å². The number of carbonyl (C=O) groups is 1. The van der Waals surface area contributed by atoms with Crippen LogP contribution in [0.3, 0.4) is 0 Å². The number of pyridine rings is 1. The summed E-state index contributed by atoms with van der Waals surface area (Å²) in [4.78, 5) is 22.7. The van der Waals surface area contributed by atoms with Gasteiger partial charge < -0.3 is 10.2 Å². The number of amides is 1. The third-order valence-corrected chi connectivity index (χ3v) is 4.45. The molecule has 3 heterocycles. The number of nitrogens with zero attached hydrogens (tertiary/aromatic N) is 3. The Balaban J connectivity index is 1.61. The minimum atomic E-state index is -0.0789. The van der Waals surface area contributed by atoms with E-state index in [1.807, 2.05) is 5.38 Å². The maximum Gasteiger partial charge on any atom is 0.253 e. The number of nitrogens with one attached hydrogen (secondary N) is 1. The van der Waals surface area contributed by atoms with Crippen molar-refractivity contribution in [3.8, 4) is 0 Å². The summed E-state index contributed by atoms with van der Waals surface area (Å²) in [5.41, 5.74) is 0.576. The van der Waals surface area contributed by atoms with E-state index in [-0.39, 0.29) is 11.9 Å². The molecule has 5 nitrogen and oxygen atoms in total. The quantitative estimate of drug-likeness (QED) is 0.920. The molecule has 1 amide bonds. The zero-order valence-corrected chi connectivity index (χ0v) is 13.0. The van der Waals surface area contributed by atoms with Gasteiger partial charge in [0.2, 0.25) is 0 Å². The first-order valence-corrected chi connectivity index (χ1v) is 7.95. The molecule has 104 valence electrons. The van der Waals surface area contributed by atoms with E-state index in [2.05, 4.69) is 36.1 Å². The second-order valence-corrected chi connectivity index (χ2v) is 6.40. The Morgan fingerprint density at radius 1 is 1.50 bits per heavy atom. The minimum absolute atomic E-state index is 0.0789. The van der Waals surface area contributed by atoms with E-state index in [1.54, 1.807) is 36.0 Å². The summed E-state index contributed by atoms with van der Waals surface area (Å²) < 4.78 is 0.806. The predicted molar refractivity (Wildman–Crippen MR) is 82.1 cm³/mol. The zero-order valence-electron chi connectivity index (χ0n) is 10.6. The SMILES string of the molecule is O=C(NC1CCN(c2nccs2)C1)c1cncc(Br)c1. The van der Waals surface area contributed by atoms with Crippen molar-refractivity contribution in [2.24, 2.45) is 0 Å². The molecule has 0 aliphatic carbocycles. The second-order valence-electron chi connectivity index (χ2n) is 4.61. The molecule has 1 saturated heterocycles. The van der Waals surface area contributed by atoms with Crippen molar-refractivity contribution in [3.63, 3.8) is 0 Å². The lowest BCUT2D eigenvalue weighted by Gasteiger charge is -2.15. The van der Waals surface area contributed by atoms with Gasteiger partial charge in [0.25, 0.3) is 5.91 Å². The number of hydrogen-bond donors (Lipinski definition) is 1. The van der Waals surface area contributed by atoms with Crippen LogP contribution in [-0.4, -0.2) is 35.0 Å². The maximum absolute atomic E-state index is 12.1. The number of carbonyl (C=O) groups excluding carboxylic acids is 1. The van der Waals surface area contributed by atoms with Gasteiger partial charge in [-0.15, -0.1) is 11.3 Å². The molecule has 1 unspecified atom stereocenters. The Labute approximate surface area is 129 Å². The van der Waals surface area contributed by atoms with E-state index >= 15 is 0 Å². The van der Waals surface area contributed by atoms with E-state index in [9.17, 15) is 4.79 Å². The van der Waals surface area contributed by atoms with Gasteiger partial charge >= 0.3 is 0 Å². The summed E-state index contributed by atoms with van der Waals surface area (Å²) in [6, 6.07) is 1.93. The number of anilines is 1. The van der Waals surface area contributed by atoms with Gasteiger partial charge in [0.15, 0.2) is 5.13 Å². The average Bonchev–Trinajstić information content (AvgIpc) is 3.08. The van der Waals surface area contributed by atoms with E-state index in [0.29, 0.717) is 5.56 Å². The van der Waals surface area contributed by atoms with Gasteiger partial charge in [-0.05, 0) is 28.4 Å². The molecule has 20 heavy (non-hydrogen) atoms. The number of aromatic nitrogens is 2. The topological polar surface area (TPSA) is 58.1 Å². The van der Waals surface area contributed by atoms with Gasteiger partial charge in [-0.25, -0.2) is 4.98 Å². The lowest BCUT2D eigenvalue weighted by Crippen LogP contribution is -2.37. The van der Waals surface area contributed by atoms with E-state index in [1.165, 1.54) is 0 Å². The molecule has 7 heteroatoms. The van der Waals surface area contributed by atoms with Crippen LogP contribution in [0.25, 0.3) is 0 Å². The van der Waals surface area contributed by atoms with Crippen molar-refractivity contribution in [2.75, 3.05) is 18.0 Å². The van der Waals surface area contributed by atoms with Crippen LogP contribution in [0, 0.1) is 0 Å². The summed E-state index contributed by atoms with van der Waals surface area (Å²) >= 11 is 4.95. The van der Waals surface area contributed by atoms with Crippen LogP contribution in [0.4, 0.5) is 5.13 Å². The number of hydrogen-bond acceptors (Lipinski definition) is 5. The Hall–Kier alpha value is -1.47. The van der Waals surface area contributed by atoms with Crippen molar-refractivity contribution in [1.29, 1.82) is 0 Å². The van der Waals surface area contributed by atoms with Crippen LogP contribution in [-0.2, 0) is 0 Å². The number of halogens is 1. The molecule has 1 fully saturated rings. The predicted octanol–water partition coefficient (Wildman–Crippen LogP) is 2.31. The van der Waals surface area contributed by atoms with Gasteiger partial charge in [-0.3, -0.25) is 9.78 Å². The Bertz CT molecular complexity index is 604. The number of thiazole rings is 1. The molecule has 0 aromatic carbocycles. The van der Waals surface area contributed by atoms with Crippen LogP contribution in [0.1, 0.15) is 16.8 Å². The van der Waals surface area contributed by atoms with Crippen LogP contribution < -0.4 is 10.2 Å². The fraction of sp³-hybridized carbons (Fsp3) is 0.308. The Morgan fingerprint density at radius 3 is 3.15 bits per heavy atom. The highest BCUT2D eigenvalue weighted by Crippen LogP contribution is 2.22. The molecule has 0 spiro atoms. The highest BCUT2D eigenvalue weighted by Gasteiger charge is 2.25. The molecule has 2 aromatic heterocycles. The monoisotopic (exact) mass is 352 g/mol. The summed E-state index contributed by atoms with van der Waals surface area (Å²) in [7, 11) is 0. The Morgan fingerprint density at radius 2 is 2.40 bits per heavy atom. The molecular weight excluding hydrogens is 340 g/mol. The molecule has 1 aliphatic heterocycles. The standard InChI is InChI=1S/C13H13BrN4OS/c14-10-5-9(6-15-7-10)12(19)17-11-1-3-18(8-11)13-16-2-4-20-13/h2,4-7,11H,1,3,8H2,(H,17,19). The van der Waals surface area contributed by atoms with Crippen LogP contribution in [0.5, 0.6) is 0 Å². The van der Waals surface area contributed by atoms with Crippen molar-refractivity contribution in [2.45, 2.75) is 12.5 Å². The molecular formula is C13H13BrN4OS. The summed E-state index contributed by atoms with van der Waals surface area (Å²) in [5, 5.41) is 6.04. The average molecular weight is 353 g/mol. The molecule has 3 rings (SSSR count). The minimum Gasteiger partial charge on any atom is -0.347 e. The second kappa shape index (κ2) is 5.88. The van der Waals surface area contributed by atoms with Gasteiger partial charge in [-0.1, -0.05) is 0 Å². The summed E-state index contributed by atoms with van der Waals surface area (Å²) in [6.45, 7) is 1.73. The number of rotatable bonds is 3. The van der Waals surface area contributed by atoms with Crippen molar-refractivity contribution in [1.82, 2.24) is 15.3 Å². The molecule has 1 atom stereocenters. The van der Waals surface area contributed by atoms with Gasteiger partial charge in [0, 0.05) is 47.6 Å². The third-order valence-electron chi connectivity index (χ3n) is 3.18. The van der Waals surface area contributed by atoms with E-state index < -0.39 is 0 Å². The first-order chi connectivity index (χ1) is 9.72. The first-order valence-electron chi connectivity index (χ1n) is 6.28. The largest absolute Gasteiger partial charge is 0.347 e. The normalized spacial score (nSPS) is 18.2.